The van der Waals surface area contributed by atoms with E-state index < -0.39 is 35.7 Å². The molecule has 0 aromatic heterocycles. The molecule has 1 atom stereocenters. The lowest BCUT2D eigenvalue weighted by Gasteiger charge is -2.61. The lowest BCUT2D eigenvalue weighted by atomic mass is 9.56. The number of amides is 2. The van der Waals surface area contributed by atoms with Crippen molar-refractivity contribution in [2.75, 3.05) is 31.9 Å². The average Bonchev–Trinajstić information content (AvgIpc) is 2.96. The van der Waals surface area contributed by atoms with E-state index in [0.29, 0.717) is 44.6 Å². The molecule has 13 heteroatoms. The SMILES string of the molecule is N=S(=O)(c1cccc(CC2CC3(C2)CN(C(=O)N2CC4(CCS(=O)(=O)N4)C2)C3)c1)C(F)(F)F. The second kappa shape index (κ2) is 7.08. The summed E-state index contributed by atoms with van der Waals surface area (Å²) in [6.45, 7) is 2.05. The van der Waals surface area contributed by atoms with E-state index in [1.165, 1.54) is 12.1 Å². The Balaban J connectivity index is 1.10. The molecule has 4 aliphatic rings. The lowest BCUT2D eigenvalue weighted by molar-refractivity contribution is -0.0822. The van der Waals surface area contributed by atoms with Gasteiger partial charge in [-0.1, -0.05) is 12.1 Å². The van der Waals surface area contributed by atoms with E-state index in [1.807, 2.05) is 0 Å². The van der Waals surface area contributed by atoms with Gasteiger partial charge in [-0.3, -0.25) is 0 Å². The van der Waals surface area contributed by atoms with Crippen LogP contribution in [-0.4, -0.2) is 71.4 Å². The monoisotopic (exact) mass is 506 g/mol. The van der Waals surface area contributed by atoms with Crippen molar-refractivity contribution in [1.82, 2.24) is 14.5 Å². The van der Waals surface area contributed by atoms with Crippen molar-refractivity contribution in [2.45, 2.75) is 41.6 Å². The quantitative estimate of drug-likeness (QED) is 0.656. The first-order chi connectivity index (χ1) is 15.2. The minimum absolute atomic E-state index is 0.0460. The first-order valence-corrected chi connectivity index (χ1v) is 13.9. The molecule has 182 valence electrons. The summed E-state index contributed by atoms with van der Waals surface area (Å²) in [5.41, 5.74) is -4.92. The highest BCUT2D eigenvalue weighted by Crippen LogP contribution is 2.53. The van der Waals surface area contributed by atoms with Gasteiger partial charge in [0.05, 0.1) is 16.2 Å². The van der Waals surface area contributed by atoms with Gasteiger partial charge in [0, 0.05) is 31.6 Å². The van der Waals surface area contributed by atoms with Crippen molar-refractivity contribution in [3.05, 3.63) is 29.8 Å². The van der Waals surface area contributed by atoms with Gasteiger partial charge in [0.2, 0.25) is 10.0 Å². The van der Waals surface area contributed by atoms with Crippen molar-refractivity contribution in [1.29, 1.82) is 4.78 Å². The highest BCUT2D eigenvalue weighted by Gasteiger charge is 2.57. The zero-order chi connectivity index (χ0) is 23.9. The highest BCUT2D eigenvalue weighted by molar-refractivity contribution is 7.93. The van der Waals surface area contributed by atoms with Crippen LogP contribution in [0.2, 0.25) is 0 Å². The van der Waals surface area contributed by atoms with E-state index in [2.05, 4.69) is 4.72 Å². The molecule has 33 heavy (non-hydrogen) atoms. The summed E-state index contributed by atoms with van der Waals surface area (Å²) in [6.07, 6.45) is 2.79. The average molecular weight is 507 g/mol. The van der Waals surface area contributed by atoms with Crippen LogP contribution in [0.1, 0.15) is 24.8 Å². The molecule has 8 nitrogen and oxygen atoms in total. The Morgan fingerprint density at radius 1 is 1.18 bits per heavy atom. The number of rotatable bonds is 3. The van der Waals surface area contributed by atoms with Crippen LogP contribution in [-0.2, 0) is 26.2 Å². The molecule has 2 amide bonds. The molecule has 1 aromatic rings. The molecule has 0 radical (unpaired) electrons. The molecule has 0 bridgehead atoms. The number of benzene rings is 1. The number of nitrogens with zero attached hydrogens (tertiary/aromatic N) is 2. The third kappa shape index (κ3) is 3.91. The number of hydrogen-bond donors (Lipinski definition) is 2. The molecule has 2 spiro atoms. The highest BCUT2D eigenvalue weighted by atomic mass is 32.2. The van der Waals surface area contributed by atoms with Crippen molar-refractivity contribution in [3.8, 4) is 0 Å². The summed E-state index contributed by atoms with van der Waals surface area (Å²) >= 11 is 0. The van der Waals surface area contributed by atoms with E-state index in [0.717, 1.165) is 18.9 Å². The maximum atomic E-state index is 12.9. The van der Waals surface area contributed by atoms with Gasteiger partial charge >= 0.3 is 11.5 Å². The van der Waals surface area contributed by atoms with Gasteiger partial charge in [0.1, 0.15) is 0 Å². The van der Waals surface area contributed by atoms with E-state index in [4.69, 9.17) is 4.78 Å². The van der Waals surface area contributed by atoms with Gasteiger partial charge < -0.3 is 9.80 Å². The number of sulfonamides is 1. The molecule has 1 unspecified atom stereocenters. The van der Waals surface area contributed by atoms with E-state index >= 15 is 0 Å². The van der Waals surface area contributed by atoms with Crippen LogP contribution >= 0.6 is 0 Å². The summed E-state index contributed by atoms with van der Waals surface area (Å²) in [4.78, 5) is 15.6. The topological polar surface area (TPSA) is 111 Å². The van der Waals surface area contributed by atoms with E-state index in [9.17, 15) is 30.6 Å². The zero-order valence-corrected chi connectivity index (χ0v) is 19.4. The van der Waals surface area contributed by atoms with Gasteiger partial charge in [-0.15, -0.1) is 0 Å². The van der Waals surface area contributed by atoms with Gasteiger partial charge in [-0.25, -0.2) is 26.9 Å². The Morgan fingerprint density at radius 2 is 1.82 bits per heavy atom. The Bertz CT molecular complexity index is 1200. The molecule has 1 aromatic carbocycles. The summed E-state index contributed by atoms with van der Waals surface area (Å²) in [5.74, 6) is 0.367. The molecule has 3 heterocycles. The van der Waals surface area contributed by atoms with Crippen molar-refractivity contribution < 1.29 is 30.6 Å². The third-order valence-electron chi connectivity index (χ3n) is 7.33. The number of halogens is 3. The van der Waals surface area contributed by atoms with Gasteiger partial charge in [-0.2, -0.15) is 13.2 Å². The lowest BCUT2D eigenvalue weighted by Crippen LogP contribution is -2.73. The molecular weight excluding hydrogens is 481 g/mol. The molecule has 3 saturated heterocycles. The first-order valence-electron chi connectivity index (χ1n) is 10.7. The predicted molar refractivity (Wildman–Crippen MR) is 113 cm³/mol. The van der Waals surface area contributed by atoms with Gasteiger partial charge in [-0.05, 0) is 49.3 Å². The zero-order valence-electron chi connectivity index (χ0n) is 17.7. The van der Waals surface area contributed by atoms with E-state index in [1.54, 1.807) is 15.9 Å². The normalized spacial score (nSPS) is 27.0. The molecule has 1 aliphatic carbocycles. The van der Waals surface area contributed by atoms with Crippen LogP contribution in [0.3, 0.4) is 0 Å². The van der Waals surface area contributed by atoms with Crippen LogP contribution < -0.4 is 4.72 Å². The third-order valence-corrected chi connectivity index (χ3v) is 10.4. The van der Waals surface area contributed by atoms with Crippen molar-refractivity contribution in [2.24, 2.45) is 11.3 Å². The Morgan fingerprint density at radius 3 is 2.39 bits per heavy atom. The molecule has 1 saturated carbocycles. The predicted octanol–water partition coefficient (Wildman–Crippen LogP) is 2.36. The molecule has 4 fully saturated rings. The van der Waals surface area contributed by atoms with E-state index in [-0.39, 0.29) is 23.1 Å². The fraction of sp³-hybridized carbons (Fsp3) is 0.650. The second-order valence-corrected chi connectivity index (χ2v) is 14.0. The minimum Gasteiger partial charge on any atom is -0.323 e. The second-order valence-electron chi connectivity index (χ2n) is 10.1. The Kier molecular flexibility index (Phi) is 4.91. The van der Waals surface area contributed by atoms with Crippen LogP contribution in [0.5, 0.6) is 0 Å². The standard InChI is InChI=1S/C20H25F3N4O4S2/c21-20(22,23)33(24,31)16-3-1-2-14(7-16)6-15-8-18(9-15)10-26(11-18)17(28)27-12-19(13-27)4-5-32(29,30)25-19/h1-3,7,15,24-25H,4-6,8-13H2. The summed E-state index contributed by atoms with van der Waals surface area (Å²) in [7, 11) is -8.09. The Labute approximate surface area is 190 Å². The van der Waals surface area contributed by atoms with Crippen molar-refractivity contribution in [3.63, 3.8) is 0 Å². The first kappa shape index (κ1) is 22.9. The summed E-state index contributed by atoms with van der Waals surface area (Å²) in [5, 5.41) is 0. The molecular formula is C20H25F3N4O4S2. The van der Waals surface area contributed by atoms with Crippen LogP contribution in [0.25, 0.3) is 0 Å². The number of nitrogens with one attached hydrogen (secondary N) is 2. The number of alkyl halides is 3. The molecule has 5 rings (SSSR count). The smallest absolute Gasteiger partial charge is 0.323 e. The number of hydrogen-bond acceptors (Lipinski definition) is 5. The molecule has 3 aliphatic heterocycles. The summed E-state index contributed by atoms with van der Waals surface area (Å²) in [6, 6.07) is 5.33. The number of urea groups is 1. The Hall–Kier alpha value is -1.86. The largest absolute Gasteiger partial charge is 0.483 e. The maximum absolute atomic E-state index is 12.9. The van der Waals surface area contributed by atoms with Crippen molar-refractivity contribution >= 4 is 25.8 Å². The van der Waals surface area contributed by atoms with Crippen LogP contribution in [0.4, 0.5) is 18.0 Å². The summed E-state index contributed by atoms with van der Waals surface area (Å²) < 4.78 is 83.8. The van der Waals surface area contributed by atoms with Gasteiger partial charge in [0.25, 0.3) is 0 Å². The number of carbonyl (C=O) groups excluding carboxylic acids is 1. The van der Waals surface area contributed by atoms with Crippen LogP contribution in [0.15, 0.2) is 29.2 Å². The fourth-order valence-electron chi connectivity index (χ4n) is 5.79. The van der Waals surface area contributed by atoms with Gasteiger partial charge in [0.15, 0.2) is 9.73 Å². The molecule has 2 N–H and O–H groups in total. The maximum Gasteiger partial charge on any atom is 0.483 e. The minimum atomic E-state index is -5.10. The number of carbonyl (C=O) groups is 1. The van der Waals surface area contributed by atoms with Crippen LogP contribution in [0, 0.1) is 16.1 Å². The fourth-order valence-corrected chi connectivity index (χ4v) is 8.30. The number of likely N-dealkylation sites (tertiary alicyclic amines) is 2.